The molecule has 1 atom stereocenters. The Morgan fingerprint density at radius 1 is 1.00 bits per heavy atom. The van der Waals surface area contributed by atoms with Crippen LogP contribution in [-0.2, 0) is 11.3 Å². The molecule has 19 heavy (non-hydrogen) atoms. The van der Waals surface area contributed by atoms with Crippen molar-refractivity contribution >= 4 is 0 Å². The highest BCUT2D eigenvalue weighted by atomic mass is 16.5. The van der Waals surface area contributed by atoms with E-state index in [1.165, 1.54) is 11.1 Å². The van der Waals surface area contributed by atoms with Crippen LogP contribution in [0.3, 0.4) is 0 Å². The van der Waals surface area contributed by atoms with Crippen molar-refractivity contribution in [1.29, 1.82) is 0 Å². The fourth-order valence-electron chi connectivity index (χ4n) is 1.89. The van der Waals surface area contributed by atoms with Crippen LogP contribution in [0.1, 0.15) is 51.7 Å². The summed E-state index contributed by atoms with van der Waals surface area (Å²) in [5.41, 5.74) is 2.65. The minimum absolute atomic E-state index is 0.547. The summed E-state index contributed by atoms with van der Waals surface area (Å²) in [6.45, 7) is 13.6. The third-order valence-corrected chi connectivity index (χ3v) is 3.10. The Balaban J connectivity index is 2.42. The smallest absolute Gasteiger partial charge is 0.0717 e. The number of ether oxygens (including phenoxy) is 1. The molecule has 0 aliphatic rings. The van der Waals surface area contributed by atoms with Gasteiger partial charge in [-0.3, -0.25) is 0 Å². The lowest BCUT2D eigenvalue weighted by Crippen LogP contribution is -2.26. The molecule has 108 valence electrons. The molecule has 0 bridgehead atoms. The predicted molar refractivity (Wildman–Crippen MR) is 82.5 cm³/mol. The van der Waals surface area contributed by atoms with Gasteiger partial charge in [-0.2, -0.15) is 0 Å². The SMILES string of the molecule is CC(C)COCc1ccc(C(C)CNC(C)C)cc1. The summed E-state index contributed by atoms with van der Waals surface area (Å²) in [5, 5.41) is 3.48. The van der Waals surface area contributed by atoms with Gasteiger partial charge in [0.15, 0.2) is 0 Å². The maximum absolute atomic E-state index is 5.65. The molecule has 0 saturated heterocycles. The molecule has 1 aromatic carbocycles. The molecule has 1 rings (SSSR count). The lowest BCUT2D eigenvalue weighted by atomic mass is 9.99. The van der Waals surface area contributed by atoms with E-state index in [0.29, 0.717) is 17.9 Å². The Hall–Kier alpha value is -0.860. The van der Waals surface area contributed by atoms with Crippen molar-refractivity contribution in [2.75, 3.05) is 13.2 Å². The molecule has 0 aliphatic heterocycles. The molecule has 1 N–H and O–H groups in total. The molecule has 1 aromatic rings. The Morgan fingerprint density at radius 3 is 2.16 bits per heavy atom. The molecular weight excluding hydrogens is 234 g/mol. The normalized spacial score (nSPS) is 13.2. The van der Waals surface area contributed by atoms with Gasteiger partial charge in [0.05, 0.1) is 6.61 Å². The van der Waals surface area contributed by atoms with E-state index in [4.69, 9.17) is 4.74 Å². The fourth-order valence-corrected chi connectivity index (χ4v) is 1.89. The van der Waals surface area contributed by atoms with Gasteiger partial charge in [0.2, 0.25) is 0 Å². The number of hydrogen-bond donors (Lipinski definition) is 1. The third-order valence-electron chi connectivity index (χ3n) is 3.10. The predicted octanol–water partition coefficient (Wildman–Crippen LogP) is 3.96. The van der Waals surface area contributed by atoms with Crippen LogP contribution in [0.5, 0.6) is 0 Å². The van der Waals surface area contributed by atoms with Crippen LogP contribution < -0.4 is 5.32 Å². The van der Waals surface area contributed by atoms with Crippen molar-refractivity contribution in [2.45, 2.75) is 53.2 Å². The average molecular weight is 263 g/mol. The summed E-state index contributed by atoms with van der Waals surface area (Å²) in [6.07, 6.45) is 0. The molecule has 0 heterocycles. The Morgan fingerprint density at radius 2 is 1.63 bits per heavy atom. The first-order valence-electron chi connectivity index (χ1n) is 7.39. The van der Waals surface area contributed by atoms with Crippen LogP contribution in [0.25, 0.3) is 0 Å². The van der Waals surface area contributed by atoms with Crippen LogP contribution in [0.15, 0.2) is 24.3 Å². The topological polar surface area (TPSA) is 21.3 Å². The average Bonchev–Trinajstić information content (AvgIpc) is 2.36. The highest BCUT2D eigenvalue weighted by Gasteiger charge is 2.06. The first-order chi connectivity index (χ1) is 8.99. The molecule has 1 unspecified atom stereocenters. The summed E-state index contributed by atoms with van der Waals surface area (Å²) in [4.78, 5) is 0. The van der Waals surface area contributed by atoms with Crippen LogP contribution >= 0.6 is 0 Å². The monoisotopic (exact) mass is 263 g/mol. The Labute approximate surface area is 118 Å². The van der Waals surface area contributed by atoms with E-state index in [1.807, 2.05) is 0 Å². The number of nitrogens with one attached hydrogen (secondary N) is 1. The van der Waals surface area contributed by atoms with Crippen molar-refractivity contribution in [3.63, 3.8) is 0 Å². The second-order valence-corrected chi connectivity index (χ2v) is 6.11. The van der Waals surface area contributed by atoms with Gasteiger partial charge in [-0.05, 0) is 23.0 Å². The van der Waals surface area contributed by atoms with Crippen molar-refractivity contribution < 1.29 is 4.74 Å². The van der Waals surface area contributed by atoms with Crippen LogP contribution in [0, 0.1) is 5.92 Å². The Bertz CT molecular complexity index is 343. The quantitative estimate of drug-likeness (QED) is 0.766. The maximum atomic E-state index is 5.65. The van der Waals surface area contributed by atoms with Gasteiger partial charge < -0.3 is 10.1 Å². The summed E-state index contributed by atoms with van der Waals surface area (Å²) >= 11 is 0. The van der Waals surface area contributed by atoms with Crippen LogP contribution in [0.2, 0.25) is 0 Å². The number of benzene rings is 1. The second kappa shape index (κ2) is 8.34. The van der Waals surface area contributed by atoms with Gasteiger partial charge in [-0.25, -0.2) is 0 Å². The zero-order chi connectivity index (χ0) is 14.3. The molecule has 0 amide bonds. The van der Waals surface area contributed by atoms with Crippen molar-refractivity contribution in [2.24, 2.45) is 5.92 Å². The van der Waals surface area contributed by atoms with E-state index in [2.05, 4.69) is 64.2 Å². The molecule has 2 nitrogen and oxygen atoms in total. The summed E-state index contributed by atoms with van der Waals surface area (Å²) in [5.74, 6) is 1.15. The van der Waals surface area contributed by atoms with Crippen LogP contribution in [0.4, 0.5) is 0 Å². The number of rotatable bonds is 8. The molecular formula is C17H29NO. The van der Waals surface area contributed by atoms with Gasteiger partial charge in [-0.15, -0.1) is 0 Å². The largest absolute Gasteiger partial charge is 0.377 e. The maximum Gasteiger partial charge on any atom is 0.0717 e. The lowest BCUT2D eigenvalue weighted by Gasteiger charge is -2.15. The fraction of sp³-hybridized carbons (Fsp3) is 0.647. The molecule has 0 saturated carbocycles. The first-order valence-corrected chi connectivity index (χ1v) is 7.39. The van der Waals surface area contributed by atoms with E-state index in [0.717, 1.165) is 19.8 Å². The second-order valence-electron chi connectivity index (χ2n) is 6.11. The van der Waals surface area contributed by atoms with E-state index < -0.39 is 0 Å². The molecule has 0 aliphatic carbocycles. The van der Waals surface area contributed by atoms with Crippen molar-refractivity contribution in [1.82, 2.24) is 5.32 Å². The zero-order valence-corrected chi connectivity index (χ0v) is 13.1. The molecule has 0 fully saturated rings. The molecule has 2 heteroatoms. The van der Waals surface area contributed by atoms with E-state index in [9.17, 15) is 0 Å². The van der Waals surface area contributed by atoms with Crippen molar-refractivity contribution in [3.05, 3.63) is 35.4 Å². The van der Waals surface area contributed by atoms with Gasteiger partial charge in [0.1, 0.15) is 0 Å². The number of hydrogen-bond acceptors (Lipinski definition) is 2. The van der Waals surface area contributed by atoms with Gasteiger partial charge in [-0.1, -0.05) is 58.9 Å². The highest BCUT2D eigenvalue weighted by molar-refractivity contribution is 5.24. The highest BCUT2D eigenvalue weighted by Crippen LogP contribution is 2.16. The van der Waals surface area contributed by atoms with Gasteiger partial charge in [0, 0.05) is 19.2 Å². The van der Waals surface area contributed by atoms with E-state index in [-0.39, 0.29) is 0 Å². The minimum atomic E-state index is 0.547. The van der Waals surface area contributed by atoms with Crippen LogP contribution in [-0.4, -0.2) is 19.2 Å². The van der Waals surface area contributed by atoms with Gasteiger partial charge >= 0.3 is 0 Å². The third kappa shape index (κ3) is 6.74. The summed E-state index contributed by atoms with van der Waals surface area (Å²) < 4.78 is 5.65. The lowest BCUT2D eigenvalue weighted by molar-refractivity contribution is 0.0971. The minimum Gasteiger partial charge on any atom is -0.377 e. The standard InChI is InChI=1S/C17H29NO/c1-13(2)11-19-12-16-6-8-17(9-7-16)15(5)10-18-14(3)4/h6-9,13-15,18H,10-12H2,1-5H3. The van der Waals surface area contributed by atoms with E-state index in [1.54, 1.807) is 0 Å². The van der Waals surface area contributed by atoms with E-state index >= 15 is 0 Å². The molecule has 0 spiro atoms. The zero-order valence-electron chi connectivity index (χ0n) is 13.1. The molecule has 0 aromatic heterocycles. The van der Waals surface area contributed by atoms with Crippen molar-refractivity contribution in [3.8, 4) is 0 Å². The molecule has 0 radical (unpaired) electrons. The summed E-state index contributed by atoms with van der Waals surface area (Å²) in [7, 11) is 0. The Kier molecular flexibility index (Phi) is 7.11. The summed E-state index contributed by atoms with van der Waals surface area (Å²) in [6, 6.07) is 9.36. The van der Waals surface area contributed by atoms with Gasteiger partial charge in [0.25, 0.3) is 0 Å². The first kappa shape index (κ1) is 16.2.